The molecule has 2 aromatic heterocycles. The number of nitrogens with zero attached hydrogens (tertiary/aromatic N) is 2. The van der Waals surface area contributed by atoms with Gasteiger partial charge in [-0.3, -0.25) is 0 Å². The zero-order valence-electron chi connectivity index (χ0n) is 11.1. The Bertz CT molecular complexity index is 720. The summed E-state index contributed by atoms with van der Waals surface area (Å²) in [5, 5.41) is 0. The second-order valence-electron chi connectivity index (χ2n) is 4.50. The molecule has 3 aromatic rings. The summed E-state index contributed by atoms with van der Waals surface area (Å²) in [6.07, 6.45) is 0.865. The highest BCUT2D eigenvalue weighted by Crippen LogP contribution is 2.19. The fourth-order valence-electron chi connectivity index (χ4n) is 1.94. The summed E-state index contributed by atoms with van der Waals surface area (Å²) in [5.41, 5.74) is 10.8. The Kier molecular flexibility index (Phi) is 3.66. The van der Waals surface area contributed by atoms with Gasteiger partial charge in [0.1, 0.15) is 12.1 Å². The minimum atomic E-state index is 0.367. The smallest absolute Gasteiger partial charge is 0.221 e. The fraction of sp³-hybridized carbons (Fsp3) is 0.286. The Hall–Kier alpha value is -1.92. The van der Waals surface area contributed by atoms with Gasteiger partial charge < -0.3 is 14.9 Å². The lowest BCUT2D eigenvalue weighted by atomic mass is 10.3. The van der Waals surface area contributed by atoms with Gasteiger partial charge in [0, 0.05) is 17.0 Å². The molecule has 0 saturated heterocycles. The highest BCUT2D eigenvalue weighted by atomic mass is 32.1. The number of rotatable bonds is 5. The monoisotopic (exact) mass is 289 g/mol. The molecular weight excluding hydrogens is 274 g/mol. The SMILES string of the molecule is Cc1ncsc1CCOCc1nc2cc(N)ccc2o1. The maximum Gasteiger partial charge on any atom is 0.221 e. The van der Waals surface area contributed by atoms with Crippen LogP contribution >= 0.6 is 11.3 Å². The molecule has 0 bridgehead atoms. The zero-order chi connectivity index (χ0) is 13.9. The number of ether oxygens (including phenoxy) is 1. The average Bonchev–Trinajstić information content (AvgIpc) is 3.00. The van der Waals surface area contributed by atoms with E-state index in [0.717, 1.165) is 23.2 Å². The molecule has 1 aromatic carbocycles. The van der Waals surface area contributed by atoms with E-state index in [1.165, 1.54) is 4.88 Å². The van der Waals surface area contributed by atoms with E-state index in [4.69, 9.17) is 14.9 Å². The van der Waals surface area contributed by atoms with Gasteiger partial charge in [-0.2, -0.15) is 0 Å². The number of nitrogen functional groups attached to an aromatic ring is 1. The van der Waals surface area contributed by atoms with Gasteiger partial charge in [-0.25, -0.2) is 9.97 Å². The molecule has 6 heteroatoms. The van der Waals surface area contributed by atoms with Crippen LogP contribution in [0.4, 0.5) is 5.69 Å². The summed E-state index contributed by atoms with van der Waals surface area (Å²) >= 11 is 1.66. The second kappa shape index (κ2) is 5.60. The number of benzene rings is 1. The minimum absolute atomic E-state index is 0.367. The van der Waals surface area contributed by atoms with Gasteiger partial charge in [-0.1, -0.05) is 0 Å². The fourth-order valence-corrected chi connectivity index (χ4v) is 2.71. The standard InChI is InChI=1S/C14H15N3O2S/c1-9-13(20-8-16-9)4-5-18-7-14-17-11-6-10(15)2-3-12(11)19-14/h2-3,6,8H,4-5,7,15H2,1H3. The van der Waals surface area contributed by atoms with E-state index in [2.05, 4.69) is 9.97 Å². The second-order valence-corrected chi connectivity index (χ2v) is 5.44. The highest BCUT2D eigenvalue weighted by Gasteiger charge is 2.06. The first kappa shape index (κ1) is 13.1. The molecule has 2 heterocycles. The van der Waals surface area contributed by atoms with Gasteiger partial charge >= 0.3 is 0 Å². The average molecular weight is 289 g/mol. The van der Waals surface area contributed by atoms with Crippen molar-refractivity contribution in [2.24, 2.45) is 0 Å². The molecule has 0 unspecified atom stereocenters. The number of thiazole rings is 1. The molecule has 0 amide bonds. The molecule has 20 heavy (non-hydrogen) atoms. The van der Waals surface area contributed by atoms with Crippen LogP contribution in [0.15, 0.2) is 28.1 Å². The molecule has 0 aliphatic heterocycles. The Balaban J connectivity index is 1.56. The van der Waals surface area contributed by atoms with Crippen LogP contribution in [0.25, 0.3) is 11.1 Å². The molecule has 0 aliphatic carbocycles. The van der Waals surface area contributed by atoms with E-state index in [9.17, 15) is 0 Å². The molecule has 3 rings (SSSR count). The van der Waals surface area contributed by atoms with Gasteiger partial charge in [0.15, 0.2) is 5.58 Å². The minimum Gasteiger partial charge on any atom is -0.438 e. The molecule has 0 aliphatic rings. The number of hydrogen-bond acceptors (Lipinski definition) is 6. The van der Waals surface area contributed by atoms with Crippen LogP contribution in [-0.2, 0) is 17.8 Å². The van der Waals surface area contributed by atoms with Gasteiger partial charge in [-0.15, -0.1) is 11.3 Å². The van der Waals surface area contributed by atoms with Crippen LogP contribution in [0.5, 0.6) is 0 Å². The van der Waals surface area contributed by atoms with Gasteiger partial charge in [0.2, 0.25) is 5.89 Å². The van der Waals surface area contributed by atoms with E-state index in [1.807, 2.05) is 18.5 Å². The molecule has 0 saturated carbocycles. The van der Waals surface area contributed by atoms with Crippen molar-refractivity contribution in [1.29, 1.82) is 0 Å². The third kappa shape index (κ3) is 2.81. The van der Waals surface area contributed by atoms with Crippen molar-refractivity contribution in [3.8, 4) is 0 Å². The Morgan fingerprint density at radius 1 is 1.40 bits per heavy atom. The van der Waals surface area contributed by atoms with E-state index in [1.54, 1.807) is 23.5 Å². The van der Waals surface area contributed by atoms with E-state index in [0.29, 0.717) is 24.8 Å². The van der Waals surface area contributed by atoms with Crippen molar-refractivity contribution in [3.05, 3.63) is 40.2 Å². The van der Waals surface area contributed by atoms with Crippen molar-refractivity contribution in [2.75, 3.05) is 12.3 Å². The first-order valence-corrected chi connectivity index (χ1v) is 7.22. The third-order valence-corrected chi connectivity index (χ3v) is 3.99. The molecule has 0 atom stereocenters. The summed E-state index contributed by atoms with van der Waals surface area (Å²) in [4.78, 5) is 9.81. The maximum atomic E-state index is 5.71. The number of fused-ring (bicyclic) bond motifs is 1. The Labute approximate surface area is 120 Å². The predicted molar refractivity (Wildman–Crippen MR) is 78.6 cm³/mol. The largest absolute Gasteiger partial charge is 0.438 e. The number of aromatic nitrogens is 2. The van der Waals surface area contributed by atoms with Crippen molar-refractivity contribution in [1.82, 2.24) is 9.97 Å². The van der Waals surface area contributed by atoms with Gasteiger partial charge in [-0.05, 0) is 25.1 Å². The Morgan fingerprint density at radius 3 is 3.10 bits per heavy atom. The molecule has 0 fully saturated rings. The summed E-state index contributed by atoms with van der Waals surface area (Å²) in [6, 6.07) is 5.41. The normalized spacial score (nSPS) is 11.2. The number of hydrogen-bond donors (Lipinski definition) is 1. The van der Waals surface area contributed by atoms with Crippen LogP contribution in [0.3, 0.4) is 0 Å². The molecule has 0 radical (unpaired) electrons. The van der Waals surface area contributed by atoms with Crippen LogP contribution in [0, 0.1) is 6.92 Å². The maximum absolute atomic E-state index is 5.71. The van der Waals surface area contributed by atoms with Crippen molar-refractivity contribution >= 4 is 28.1 Å². The summed E-state index contributed by atoms with van der Waals surface area (Å²) < 4.78 is 11.2. The lowest BCUT2D eigenvalue weighted by molar-refractivity contribution is 0.107. The lowest BCUT2D eigenvalue weighted by Crippen LogP contribution is -1.99. The van der Waals surface area contributed by atoms with Crippen LogP contribution in [0.2, 0.25) is 0 Å². The summed E-state index contributed by atoms with van der Waals surface area (Å²) in [7, 11) is 0. The number of anilines is 1. The van der Waals surface area contributed by atoms with Gasteiger partial charge in [0.05, 0.1) is 17.8 Å². The molecular formula is C14H15N3O2S. The first-order chi connectivity index (χ1) is 9.72. The van der Waals surface area contributed by atoms with Crippen LogP contribution in [0.1, 0.15) is 16.5 Å². The highest BCUT2D eigenvalue weighted by molar-refractivity contribution is 7.09. The van der Waals surface area contributed by atoms with E-state index >= 15 is 0 Å². The topological polar surface area (TPSA) is 74.2 Å². The number of oxazole rings is 1. The van der Waals surface area contributed by atoms with Crippen molar-refractivity contribution in [3.63, 3.8) is 0 Å². The molecule has 0 spiro atoms. The van der Waals surface area contributed by atoms with Crippen molar-refractivity contribution < 1.29 is 9.15 Å². The Morgan fingerprint density at radius 2 is 2.30 bits per heavy atom. The lowest BCUT2D eigenvalue weighted by Gasteiger charge is -2.00. The van der Waals surface area contributed by atoms with Gasteiger partial charge in [0.25, 0.3) is 0 Å². The number of nitrogens with two attached hydrogens (primary N) is 1. The van der Waals surface area contributed by atoms with Crippen molar-refractivity contribution in [2.45, 2.75) is 20.0 Å². The number of aryl methyl sites for hydroxylation is 1. The quantitative estimate of drug-likeness (QED) is 0.577. The van der Waals surface area contributed by atoms with Crippen LogP contribution in [-0.4, -0.2) is 16.6 Å². The third-order valence-electron chi connectivity index (χ3n) is 3.00. The zero-order valence-corrected chi connectivity index (χ0v) is 11.9. The van der Waals surface area contributed by atoms with E-state index in [-0.39, 0.29) is 0 Å². The van der Waals surface area contributed by atoms with E-state index < -0.39 is 0 Å². The molecule has 104 valence electrons. The van der Waals surface area contributed by atoms with Crippen LogP contribution < -0.4 is 5.73 Å². The first-order valence-electron chi connectivity index (χ1n) is 6.34. The summed E-state index contributed by atoms with van der Waals surface area (Å²) in [5.74, 6) is 0.576. The molecule has 5 nitrogen and oxygen atoms in total. The summed E-state index contributed by atoms with van der Waals surface area (Å²) in [6.45, 7) is 3.01. The predicted octanol–water partition coefficient (Wildman–Crippen LogP) is 2.93. The molecule has 2 N–H and O–H groups in total.